The lowest BCUT2D eigenvalue weighted by molar-refractivity contribution is 0.683. The fourth-order valence-corrected chi connectivity index (χ4v) is 4.59. The molecule has 0 saturated heterocycles. The first kappa shape index (κ1) is 19.4. The molecule has 3 aromatic carbocycles. The van der Waals surface area contributed by atoms with E-state index in [9.17, 15) is 0 Å². The van der Waals surface area contributed by atoms with Crippen molar-refractivity contribution in [2.24, 2.45) is 4.99 Å². The highest BCUT2D eigenvalue weighted by Gasteiger charge is 2.11. The van der Waals surface area contributed by atoms with Gasteiger partial charge in [-0.3, -0.25) is 0 Å². The van der Waals surface area contributed by atoms with Gasteiger partial charge in [-0.2, -0.15) is 0 Å². The SMILES string of the molecule is Cc1cccc(N=c2scc(-c3ccc(C)cc3C)n2CCc2ccccc2)c1. The van der Waals surface area contributed by atoms with Crippen LogP contribution in [-0.4, -0.2) is 4.57 Å². The fraction of sp³-hybridized carbons (Fsp3) is 0.192. The van der Waals surface area contributed by atoms with E-state index < -0.39 is 0 Å². The maximum absolute atomic E-state index is 4.99. The van der Waals surface area contributed by atoms with Gasteiger partial charge in [0.15, 0.2) is 4.80 Å². The molecule has 0 atom stereocenters. The fourth-order valence-electron chi connectivity index (χ4n) is 3.65. The molecule has 0 N–H and O–H groups in total. The van der Waals surface area contributed by atoms with Crippen LogP contribution in [0.2, 0.25) is 0 Å². The van der Waals surface area contributed by atoms with E-state index in [0.717, 1.165) is 23.5 Å². The third-order valence-electron chi connectivity index (χ3n) is 5.15. The Kier molecular flexibility index (Phi) is 5.77. The number of aryl methyl sites for hydroxylation is 4. The molecule has 1 aromatic heterocycles. The molecular formula is C26H26N2S. The first-order chi connectivity index (χ1) is 14.1. The van der Waals surface area contributed by atoms with E-state index in [4.69, 9.17) is 4.99 Å². The number of rotatable bonds is 5. The summed E-state index contributed by atoms with van der Waals surface area (Å²) in [6, 6.07) is 25.8. The highest BCUT2D eigenvalue weighted by atomic mass is 32.1. The minimum atomic E-state index is 0.904. The smallest absolute Gasteiger partial charge is 0.190 e. The number of hydrogen-bond acceptors (Lipinski definition) is 2. The number of aromatic nitrogens is 1. The summed E-state index contributed by atoms with van der Waals surface area (Å²) in [5, 5.41) is 2.25. The summed E-state index contributed by atoms with van der Waals surface area (Å²) < 4.78 is 2.37. The van der Waals surface area contributed by atoms with Gasteiger partial charge in [-0.25, -0.2) is 4.99 Å². The zero-order valence-electron chi connectivity index (χ0n) is 17.2. The van der Waals surface area contributed by atoms with E-state index >= 15 is 0 Å². The Morgan fingerprint density at radius 2 is 1.62 bits per heavy atom. The molecule has 29 heavy (non-hydrogen) atoms. The van der Waals surface area contributed by atoms with E-state index in [1.807, 2.05) is 0 Å². The van der Waals surface area contributed by atoms with Crippen molar-refractivity contribution in [2.75, 3.05) is 0 Å². The molecule has 4 rings (SSSR count). The van der Waals surface area contributed by atoms with Crippen LogP contribution in [0.3, 0.4) is 0 Å². The molecule has 4 aromatic rings. The molecule has 1 heterocycles. The van der Waals surface area contributed by atoms with Crippen molar-refractivity contribution in [1.82, 2.24) is 4.57 Å². The van der Waals surface area contributed by atoms with Gasteiger partial charge in [0.1, 0.15) is 0 Å². The van der Waals surface area contributed by atoms with Crippen molar-refractivity contribution in [2.45, 2.75) is 33.7 Å². The summed E-state index contributed by atoms with van der Waals surface area (Å²) in [4.78, 5) is 6.03. The highest BCUT2D eigenvalue weighted by Crippen LogP contribution is 2.26. The molecule has 3 heteroatoms. The molecule has 0 unspecified atom stereocenters. The number of thiazole rings is 1. The second-order valence-electron chi connectivity index (χ2n) is 7.56. The van der Waals surface area contributed by atoms with E-state index in [-0.39, 0.29) is 0 Å². The first-order valence-electron chi connectivity index (χ1n) is 10.0. The van der Waals surface area contributed by atoms with Crippen molar-refractivity contribution in [1.29, 1.82) is 0 Å². The van der Waals surface area contributed by atoms with E-state index in [2.05, 4.69) is 104 Å². The van der Waals surface area contributed by atoms with Crippen LogP contribution in [0, 0.1) is 20.8 Å². The largest absolute Gasteiger partial charge is 0.316 e. The summed E-state index contributed by atoms with van der Waals surface area (Å²) in [6.45, 7) is 7.35. The Morgan fingerprint density at radius 1 is 0.828 bits per heavy atom. The van der Waals surface area contributed by atoms with Crippen molar-refractivity contribution in [3.63, 3.8) is 0 Å². The Labute approximate surface area is 176 Å². The van der Waals surface area contributed by atoms with E-state index in [1.165, 1.54) is 33.5 Å². The minimum Gasteiger partial charge on any atom is -0.316 e. The number of hydrogen-bond donors (Lipinski definition) is 0. The molecule has 0 bridgehead atoms. The van der Waals surface area contributed by atoms with Crippen LogP contribution >= 0.6 is 11.3 Å². The summed E-state index contributed by atoms with van der Waals surface area (Å²) in [5.41, 5.74) is 8.71. The van der Waals surface area contributed by atoms with Crippen molar-refractivity contribution >= 4 is 17.0 Å². The highest BCUT2D eigenvalue weighted by molar-refractivity contribution is 7.07. The summed E-state index contributed by atoms with van der Waals surface area (Å²) in [7, 11) is 0. The van der Waals surface area contributed by atoms with Crippen LogP contribution in [-0.2, 0) is 13.0 Å². The predicted octanol–water partition coefficient (Wildman–Crippen LogP) is 6.62. The Balaban J connectivity index is 1.80. The molecule has 0 spiro atoms. The topological polar surface area (TPSA) is 17.3 Å². The van der Waals surface area contributed by atoms with Gasteiger partial charge >= 0.3 is 0 Å². The van der Waals surface area contributed by atoms with Gasteiger partial charge in [0, 0.05) is 17.5 Å². The first-order valence-corrected chi connectivity index (χ1v) is 10.9. The summed E-state index contributed by atoms with van der Waals surface area (Å²) in [5.74, 6) is 0. The number of nitrogens with zero attached hydrogens (tertiary/aromatic N) is 2. The lowest BCUT2D eigenvalue weighted by atomic mass is 10.0. The molecule has 2 nitrogen and oxygen atoms in total. The van der Waals surface area contributed by atoms with Gasteiger partial charge in [0.25, 0.3) is 0 Å². The van der Waals surface area contributed by atoms with Crippen molar-refractivity contribution in [3.05, 3.63) is 105 Å². The van der Waals surface area contributed by atoms with Gasteiger partial charge in [-0.15, -0.1) is 11.3 Å². The molecule has 0 radical (unpaired) electrons. The van der Waals surface area contributed by atoms with Gasteiger partial charge in [-0.1, -0.05) is 66.2 Å². The van der Waals surface area contributed by atoms with E-state index in [1.54, 1.807) is 11.3 Å². The maximum atomic E-state index is 4.99. The van der Waals surface area contributed by atoms with Gasteiger partial charge in [0.2, 0.25) is 0 Å². The third kappa shape index (κ3) is 4.57. The lowest BCUT2D eigenvalue weighted by Gasteiger charge is -2.12. The van der Waals surface area contributed by atoms with Gasteiger partial charge < -0.3 is 4.57 Å². The minimum absolute atomic E-state index is 0.904. The lowest BCUT2D eigenvalue weighted by Crippen LogP contribution is -2.17. The maximum Gasteiger partial charge on any atom is 0.190 e. The molecule has 146 valence electrons. The van der Waals surface area contributed by atoms with Gasteiger partial charge in [0.05, 0.1) is 11.4 Å². The van der Waals surface area contributed by atoms with Crippen molar-refractivity contribution < 1.29 is 0 Å². The van der Waals surface area contributed by atoms with Crippen molar-refractivity contribution in [3.8, 4) is 11.3 Å². The zero-order chi connectivity index (χ0) is 20.2. The Morgan fingerprint density at radius 3 is 2.38 bits per heavy atom. The summed E-state index contributed by atoms with van der Waals surface area (Å²) >= 11 is 1.72. The third-order valence-corrected chi connectivity index (χ3v) is 6.01. The van der Waals surface area contributed by atoms with Crippen LogP contribution < -0.4 is 4.80 Å². The molecular weight excluding hydrogens is 372 g/mol. The predicted molar refractivity (Wildman–Crippen MR) is 124 cm³/mol. The Bertz CT molecular complexity index is 1180. The molecule has 0 fully saturated rings. The molecule has 0 saturated carbocycles. The quantitative estimate of drug-likeness (QED) is 0.359. The monoisotopic (exact) mass is 398 g/mol. The molecule has 0 aliphatic rings. The average Bonchev–Trinajstić information content (AvgIpc) is 3.09. The Hall–Kier alpha value is -2.91. The van der Waals surface area contributed by atoms with Crippen LogP contribution in [0.5, 0.6) is 0 Å². The van der Waals surface area contributed by atoms with Crippen LogP contribution in [0.15, 0.2) is 83.2 Å². The molecule has 0 aliphatic carbocycles. The van der Waals surface area contributed by atoms with Crippen LogP contribution in [0.25, 0.3) is 11.3 Å². The standard InChI is InChI=1S/C26H26N2S/c1-19-8-7-11-23(17-19)27-26-28(15-14-22-9-5-4-6-10-22)25(18-29-26)24-13-12-20(2)16-21(24)3/h4-13,16-18H,14-15H2,1-3H3. The zero-order valence-corrected chi connectivity index (χ0v) is 18.0. The second-order valence-corrected chi connectivity index (χ2v) is 8.40. The van der Waals surface area contributed by atoms with E-state index in [0.29, 0.717) is 0 Å². The molecule has 0 aliphatic heterocycles. The van der Waals surface area contributed by atoms with Crippen LogP contribution in [0.4, 0.5) is 5.69 Å². The summed E-state index contributed by atoms with van der Waals surface area (Å²) in [6.07, 6.45) is 0.983. The molecule has 0 amide bonds. The normalized spacial score (nSPS) is 11.8. The van der Waals surface area contributed by atoms with Gasteiger partial charge in [-0.05, 0) is 56.0 Å². The second kappa shape index (κ2) is 8.62. The average molecular weight is 399 g/mol. The number of benzene rings is 3. The van der Waals surface area contributed by atoms with Crippen LogP contribution in [0.1, 0.15) is 22.3 Å².